The molecule has 1 aromatic carbocycles. The Morgan fingerprint density at radius 3 is 2.47 bits per heavy atom. The molecule has 1 heterocycles. The topological polar surface area (TPSA) is 3.24 Å². The zero-order valence-electron chi connectivity index (χ0n) is 8.04. The lowest BCUT2D eigenvalue weighted by molar-refractivity contribution is 0.609. The van der Waals surface area contributed by atoms with Crippen LogP contribution in [0.2, 0.25) is 0 Å². The van der Waals surface area contributed by atoms with Crippen LogP contribution < -0.4 is 5.30 Å². The van der Waals surface area contributed by atoms with Crippen molar-refractivity contribution < 1.29 is 0 Å². The third kappa shape index (κ3) is 2.81. The fourth-order valence-corrected chi connectivity index (χ4v) is 2.91. The smallest absolute Gasteiger partial charge is 0.149 e. The number of benzene rings is 1. The summed E-state index contributed by atoms with van der Waals surface area (Å²) in [5, 5.41) is 1.28. The van der Waals surface area contributed by atoms with Crippen LogP contribution in [-0.2, 0) is 0 Å². The largest absolute Gasteiger partial charge is 0.329 e. The van der Waals surface area contributed by atoms with E-state index in [1.807, 2.05) is 42.6 Å². The molecule has 0 fully saturated rings. The summed E-state index contributed by atoms with van der Waals surface area (Å²) in [5.41, 5.74) is 0. The van der Waals surface area contributed by atoms with E-state index in [-0.39, 0.29) is 0 Å². The summed E-state index contributed by atoms with van der Waals surface area (Å²) < 4.78 is 1.62. The van der Waals surface area contributed by atoms with Gasteiger partial charge in [-0.25, -0.2) is 0 Å². The van der Waals surface area contributed by atoms with Gasteiger partial charge in [0.05, 0.1) is 0 Å². The molecule has 1 aliphatic rings. The predicted molar refractivity (Wildman–Crippen MR) is 75.2 cm³/mol. The second-order valence-electron chi connectivity index (χ2n) is 3.24. The van der Waals surface area contributed by atoms with Crippen LogP contribution in [0.5, 0.6) is 0 Å². The molecule has 1 unspecified atom stereocenters. The van der Waals surface area contributed by atoms with E-state index >= 15 is 0 Å². The molecule has 15 heavy (non-hydrogen) atoms. The lowest BCUT2D eigenvalue weighted by atomic mass is 10.4. The minimum Gasteiger partial charge on any atom is -0.329 e. The van der Waals surface area contributed by atoms with Crippen molar-refractivity contribution in [1.82, 2.24) is 4.67 Å². The number of hydrogen-bond donors (Lipinski definition) is 2. The van der Waals surface area contributed by atoms with Gasteiger partial charge in [0, 0.05) is 14.9 Å². The highest BCUT2D eigenvalue weighted by molar-refractivity contribution is 8.01. The molecule has 1 nitrogen and oxygen atoms in total. The van der Waals surface area contributed by atoms with Gasteiger partial charge in [0.15, 0.2) is 0 Å². The van der Waals surface area contributed by atoms with Crippen LogP contribution in [0.3, 0.4) is 0 Å². The molecule has 0 spiro atoms. The molecule has 0 saturated carbocycles. The predicted octanol–water partition coefficient (Wildman–Crippen LogP) is 2.80. The standard InChI is InChI=1S/C11H12NPS2/c14-11(15)8-4-5-9-12(11)13-10-6-2-1-3-7-10/h1-9,13-15H. The number of thiol groups is 2. The molecule has 0 amide bonds. The average Bonchev–Trinajstić information content (AvgIpc) is 2.23. The second-order valence-corrected chi connectivity index (χ2v) is 6.23. The highest BCUT2D eigenvalue weighted by Crippen LogP contribution is 2.37. The summed E-state index contributed by atoms with van der Waals surface area (Å²) in [7, 11) is 0.548. The lowest BCUT2D eigenvalue weighted by Gasteiger charge is -2.34. The van der Waals surface area contributed by atoms with Crippen molar-refractivity contribution in [1.29, 1.82) is 0 Å². The summed E-state index contributed by atoms with van der Waals surface area (Å²) in [4.78, 5) is 0. The minimum atomic E-state index is -0.483. The van der Waals surface area contributed by atoms with E-state index in [9.17, 15) is 0 Å². The van der Waals surface area contributed by atoms with Crippen LogP contribution in [0, 0.1) is 0 Å². The number of rotatable bonds is 2. The first-order chi connectivity index (χ1) is 7.18. The van der Waals surface area contributed by atoms with Crippen molar-refractivity contribution in [3.63, 3.8) is 0 Å². The van der Waals surface area contributed by atoms with Gasteiger partial charge in [-0.15, -0.1) is 25.3 Å². The van der Waals surface area contributed by atoms with E-state index in [2.05, 4.69) is 42.1 Å². The molecule has 0 aliphatic carbocycles. The van der Waals surface area contributed by atoms with Gasteiger partial charge in [-0.3, -0.25) is 0 Å². The average molecular weight is 253 g/mol. The van der Waals surface area contributed by atoms with E-state index in [0.717, 1.165) is 0 Å². The summed E-state index contributed by atoms with van der Waals surface area (Å²) in [6.45, 7) is 0. The van der Waals surface area contributed by atoms with Gasteiger partial charge in [0.25, 0.3) is 0 Å². The maximum absolute atomic E-state index is 4.50. The van der Waals surface area contributed by atoms with Crippen molar-refractivity contribution in [3.8, 4) is 0 Å². The van der Waals surface area contributed by atoms with Crippen molar-refractivity contribution in [2.24, 2.45) is 0 Å². The van der Waals surface area contributed by atoms with Gasteiger partial charge in [-0.2, -0.15) is 0 Å². The second kappa shape index (κ2) is 4.65. The molecule has 2 rings (SSSR count). The number of allylic oxidation sites excluding steroid dienone is 2. The SMILES string of the molecule is SC1(S)C=CC=CN1Pc1ccccc1. The molecule has 78 valence electrons. The highest BCUT2D eigenvalue weighted by atomic mass is 32.2. The third-order valence-electron chi connectivity index (χ3n) is 2.04. The fraction of sp³-hybridized carbons (Fsp3) is 0.0909. The Hall–Kier alpha value is -0.370. The highest BCUT2D eigenvalue weighted by Gasteiger charge is 2.24. The molecule has 0 radical (unpaired) electrons. The first kappa shape index (κ1) is 11.1. The molecule has 0 aromatic heterocycles. The molecular formula is C11H12NPS2. The molecule has 1 aliphatic heterocycles. The van der Waals surface area contributed by atoms with Crippen LogP contribution in [0.1, 0.15) is 0 Å². The summed E-state index contributed by atoms with van der Waals surface area (Å²) >= 11 is 9.00. The monoisotopic (exact) mass is 253 g/mol. The van der Waals surface area contributed by atoms with E-state index in [1.54, 1.807) is 0 Å². The molecule has 1 aromatic rings. The zero-order chi connectivity index (χ0) is 10.7. The van der Waals surface area contributed by atoms with Crippen LogP contribution in [-0.4, -0.2) is 8.87 Å². The van der Waals surface area contributed by atoms with Crippen molar-refractivity contribution in [3.05, 3.63) is 54.8 Å². The molecule has 0 bridgehead atoms. The van der Waals surface area contributed by atoms with E-state index < -0.39 is 4.20 Å². The summed E-state index contributed by atoms with van der Waals surface area (Å²) in [6.07, 6.45) is 7.95. The Morgan fingerprint density at radius 2 is 1.80 bits per heavy atom. The van der Waals surface area contributed by atoms with E-state index in [0.29, 0.717) is 8.73 Å². The molecule has 0 saturated heterocycles. The van der Waals surface area contributed by atoms with Gasteiger partial charge in [0.2, 0.25) is 0 Å². The molecule has 0 N–H and O–H groups in total. The molecular weight excluding hydrogens is 241 g/mol. The first-order valence-electron chi connectivity index (χ1n) is 4.60. The van der Waals surface area contributed by atoms with Crippen molar-refractivity contribution in [2.45, 2.75) is 4.20 Å². The quantitative estimate of drug-likeness (QED) is 0.466. The maximum Gasteiger partial charge on any atom is 0.149 e. The Labute approximate surface area is 103 Å². The first-order valence-corrected chi connectivity index (χ1v) is 6.44. The van der Waals surface area contributed by atoms with Crippen molar-refractivity contribution in [2.75, 3.05) is 0 Å². The fourth-order valence-electron chi connectivity index (χ4n) is 1.28. The van der Waals surface area contributed by atoms with Crippen LogP contribution in [0.4, 0.5) is 0 Å². The Kier molecular flexibility index (Phi) is 3.45. The molecule has 4 heteroatoms. The van der Waals surface area contributed by atoms with E-state index in [4.69, 9.17) is 0 Å². The van der Waals surface area contributed by atoms with Crippen LogP contribution >= 0.6 is 34.0 Å². The van der Waals surface area contributed by atoms with Gasteiger partial charge in [-0.05, 0) is 17.5 Å². The third-order valence-corrected chi connectivity index (χ3v) is 4.48. The summed E-state index contributed by atoms with van der Waals surface area (Å²) in [5.74, 6) is 0. The Balaban J connectivity index is 2.13. The van der Waals surface area contributed by atoms with Gasteiger partial charge in [0.1, 0.15) is 4.20 Å². The summed E-state index contributed by atoms with van der Waals surface area (Å²) in [6, 6.07) is 10.3. The normalized spacial score (nSPS) is 18.9. The lowest BCUT2D eigenvalue weighted by Crippen LogP contribution is -2.30. The Morgan fingerprint density at radius 1 is 1.07 bits per heavy atom. The molecule has 1 atom stereocenters. The van der Waals surface area contributed by atoms with E-state index in [1.165, 1.54) is 5.30 Å². The van der Waals surface area contributed by atoms with Gasteiger partial charge < -0.3 is 4.67 Å². The van der Waals surface area contributed by atoms with Gasteiger partial charge in [-0.1, -0.05) is 36.4 Å². The maximum atomic E-state index is 4.50. The van der Waals surface area contributed by atoms with Crippen LogP contribution in [0.15, 0.2) is 54.8 Å². The van der Waals surface area contributed by atoms with Crippen LogP contribution in [0.25, 0.3) is 0 Å². The Bertz CT molecular complexity index is 387. The zero-order valence-corrected chi connectivity index (χ0v) is 10.8. The number of nitrogens with zero attached hydrogens (tertiary/aromatic N) is 1. The number of hydrogen-bond acceptors (Lipinski definition) is 3. The minimum absolute atomic E-state index is 0.483. The van der Waals surface area contributed by atoms with Crippen molar-refractivity contribution >= 4 is 39.3 Å². The van der Waals surface area contributed by atoms with Gasteiger partial charge >= 0.3 is 0 Å².